The molecular formula is C4H11NS. The van der Waals surface area contributed by atoms with Crippen LogP contribution in [0.1, 0.15) is 6.92 Å². The van der Waals surface area contributed by atoms with Gasteiger partial charge in [-0.15, -0.1) is 0 Å². The topological polar surface area (TPSA) is 3.24 Å². The van der Waals surface area contributed by atoms with Crippen LogP contribution >= 0.6 is 12.6 Å². The predicted octanol–water partition coefficient (Wildman–Crippen LogP) is 0.825. The second-order valence-corrected chi connectivity index (χ2v) is 1.60. The molecule has 0 heterocycles. The highest BCUT2D eigenvalue weighted by molar-refractivity contribution is 7.80. The van der Waals surface area contributed by atoms with Gasteiger partial charge >= 0.3 is 0 Å². The molecule has 0 saturated heterocycles. The first-order chi connectivity index (χ1) is 2.81. The lowest BCUT2D eigenvalue weighted by molar-refractivity contribution is 0.418. The zero-order valence-corrected chi connectivity index (χ0v) is 5.20. The van der Waals surface area contributed by atoms with E-state index >= 15 is 0 Å². The molecule has 0 aliphatic carbocycles. The molecule has 38 valence electrons. The van der Waals surface area contributed by atoms with Crippen LogP contribution in [0.3, 0.4) is 0 Å². The summed E-state index contributed by atoms with van der Waals surface area (Å²) in [6.07, 6.45) is 0. The van der Waals surface area contributed by atoms with Crippen LogP contribution < -0.4 is 0 Å². The molecule has 0 atom stereocenters. The van der Waals surface area contributed by atoms with Gasteiger partial charge in [-0.25, -0.2) is 0 Å². The van der Waals surface area contributed by atoms with Gasteiger partial charge in [-0.2, -0.15) is 12.6 Å². The van der Waals surface area contributed by atoms with Gasteiger partial charge in [0.15, 0.2) is 0 Å². The first-order valence-corrected chi connectivity index (χ1v) is 2.74. The molecule has 0 N–H and O–H groups in total. The Kier molecular flexibility index (Phi) is 3.68. The summed E-state index contributed by atoms with van der Waals surface area (Å²) >= 11 is 4.02. The van der Waals surface area contributed by atoms with Gasteiger partial charge in [0.1, 0.15) is 0 Å². The van der Waals surface area contributed by atoms with Gasteiger partial charge < -0.3 is 0 Å². The van der Waals surface area contributed by atoms with Crippen molar-refractivity contribution in [3.05, 3.63) is 0 Å². The van der Waals surface area contributed by atoms with Crippen molar-refractivity contribution in [3.8, 4) is 0 Å². The van der Waals surface area contributed by atoms with Crippen molar-refractivity contribution in [1.82, 2.24) is 4.90 Å². The fraction of sp³-hybridized carbons (Fsp3) is 1.00. The average molecular weight is 105 g/mol. The molecule has 0 saturated carbocycles. The van der Waals surface area contributed by atoms with Gasteiger partial charge in [0.2, 0.25) is 0 Å². The van der Waals surface area contributed by atoms with Crippen molar-refractivity contribution < 1.29 is 0 Å². The summed E-state index contributed by atoms with van der Waals surface area (Å²) < 4.78 is 0. The number of thiol groups is 1. The monoisotopic (exact) mass is 105 g/mol. The van der Waals surface area contributed by atoms with Crippen LogP contribution in [-0.2, 0) is 0 Å². The molecule has 0 amide bonds. The van der Waals surface area contributed by atoms with Gasteiger partial charge in [-0.1, -0.05) is 6.92 Å². The molecule has 0 aliphatic heterocycles. The Bertz CT molecular complexity index is 26.7. The van der Waals surface area contributed by atoms with E-state index in [1.54, 1.807) is 0 Å². The summed E-state index contributed by atoms with van der Waals surface area (Å²) in [6, 6.07) is 0. The SMILES string of the molecule is CCN(C)CS. The minimum Gasteiger partial charge on any atom is -0.298 e. The third kappa shape index (κ3) is 2.54. The summed E-state index contributed by atoms with van der Waals surface area (Å²) in [5.41, 5.74) is 0. The number of rotatable bonds is 2. The normalized spacial score (nSPS) is 10.0. The van der Waals surface area contributed by atoms with E-state index in [1.165, 1.54) is 0 Å². The summed E-state index contributed by atoms with van der Waals surface area (Å²) in [5.74, 6) is 0.858. The van der Waals surface area contributed by atoms with E-state index in [2.05, 4.69) is 24.5 Å². The van der Waals surface area contributed by atoms with Crippen LogP contribution in [0.15, 0.2) is 0 Å². The molecule has 0 radical (unpaired) electrons. The molecule has 0 aliphatic rings. The van der Waals surface area contributed by atoms with Gasteiger partial charge in [0.05, 0.1) is 0 Å². The Morgan fingerprint density at radius 2 is 2.17 bits per heavy atom. The highest BCUT2D eigenvalue weighted by Gasteiger charge is 1.82. The molecule has 0 aromatic carbocycles. The number of hydrogen-bond donors (Lipinski definition) is 1. The minimum atomic E-state index is 0.858. The van der Waals surface area contributed by atoms with Gasteiger partial charge in [0.25, 0.3) is 0 Å². The molecule has 0 aromatic rings. The third-order valence-electron chi connectivity index (χ3n) is 0.781. The van der Waals surface area contributed by atoms with Crippen LogP contribution in [0.5, 0.6) is 0 Å². The highest BCUT2D eigenvalue weighted by Crippen LogP contribution is 1.80. The Labute approximate surface area is 44.7 Å². The molecule has 0 rings (SSSR count). The fourth-order valence-corrected chi connectivity index (χ4v) is 0.300. The molecular weight excluding hydrogens is 94.1 g/mol. The molecule has 0 spiro atoms. The Morgan fingerprint density at radius 1 is 1.67 bits per heavy atom. The first-order valence-electron chi connectivity index (χ1n) is 2.10. The molecule has 6 heavy (non-hydrogen) atoms. The zero-order chi connectivity index (χ0) is 4.99. The predicted molar refractivity (Wildman–Crippen MR) is 32.2 cm³/mol. The van der Waals surface area contributed by atoms with Gasteiger partial charge in [-0.05, 0) is 13.6 Å². The highest BCUT2D eigenvalue weighted by atomic mass is 32.1. The maximum Gasteiger partial charge on any atom is 0.0411 e. The summed E-state index contributed by atoms with van der Waals surface area (Å²) in [4.78, 5) is 2.11. The van der Waals surface area contributed by atoms with Gasteiger partial charge in [-0.3, -0.25) is 4.90 Å². The van der Waals surface area contributed by atoms with Crippen molar-refractivity contribution in [2.75, 3.05) is 19.5 Å². The number of nitrogens with zero attached hydrogens (tertiary/aromatic N) is 1. The molecule has 0 unspecified atom stereocenters. The Hall–Kier alpha value is 0.310. The maximum absolute atomic E-state index is 4.02. The van der Waals surface area contributed by atoms with Crippen molar-refractivity contribution in [2.24, 2.45) is 0 Å². The minimum absolute atomic E-state index is 0.858. The smallest absolute Gasteiger partial charge is 0.0411 e. The van der Waals surface area contributed by atoms with E-state index in [0.29, 0.717) is 0 Å². The second-order valence-electron chi connectivity index (χ2n) is 1.31. The van der Waals surface area contributed by atoms with Crippen molar-refractivity contribution in [2.45, 2.75) is 6.92 Å². The summed E-state index contributed by atoms with van der Waals surface area (Å²) in [5, 5.41) is 0. The lowest BCUT2D eigenvalue weighted by Crippen LogP contribution is -2.14. The Balaban J connectivity index is 2.75. The lowest BCUT2D eigenvalue weighted by atomic mass is 10.7. The quantitative estimate of drug-likeness (QED) is 0.402. The second kappa shape index (κ2) is 3.50. The van der Waals surface area contributed by atoms with Crippen LogP contribution in [0.25, 0.3) is 0 Å². The third-order valence-corrected chi connectivity index (χ3v) is 1.26. The van der Waals surface area contributed by atoms with E-state index < -0.39 is 0 Å². The van der Waals surface area contributed by atoms with E-state index in [1.807, 2.05) is 7.05 Å². The van der Waals surface area contributed by atoms with E-state index in [9.17, 15) is 0 Å². The van der Waals surface area contributed by atoms with Crippen LogP contribution in [-0.4, -0.2) is 24.4 Å². The first kappa shape index (κ1) is 6.31. The zero-order valence-electron chi connectivity index (χ0n) is 4.31. The fourth-order valence-electron chi connectivity index (χ4n) is 0.1000. The van der Waals surface area contributed by atoms with Crippen molar-refractivity contribution in [3.63, 3.8) is 0 Å². The molecule has 2 heteroatoms. The largest absolute Gasteiger partial charge is 0.298 e. The number of hydrogen-bond acceptors (Lipinski definition) is 2. The molecule has 0 bridgehead atoms. The molecule has 0 fully saturated rings. The van der Waals surface area contributed by atoms with E-state index in [0.717, 1.165) is 12.4 Å². The van der Waals surface area contributed by atoms with Crippen LogP contribution in [0, 0.1) is 0 Å². The van der Waals surface area contributed by atoms with Gasteiger partial charge in [0, 0.05) is 5.88 Å². The molecule has 0 aromatic heterocycles. The standard InChI is InChI=1S/C4H11NS/c1-3-5(2)4-6/h6H,3-4H2,1-2H3. The average Bonchev–Trinajstić information content (AvgIpc) is 1.65. The van der Waals surface area contributed by atoms with Crippen molar-refractivity contribution >= 4 is 12.6 Å². The summed E-state index contributed by atoms with van der Waals surface area (Å²) in [7, 11) is 2.03. The van der Waals surface area contributed by atoms with E-state index in [4.69, 9.17) is 0 Å². The van der Waals surface area contributed by atoms with Crippen LogP contribution in [0.4, 0.5) is 0 Å². The van der Waals surface area contributed by atoms with Crippen molar-refractivity contribution in [1.29, 1.82) is 0 Å². The Morgan fingerprint density at radius 3 is 2.17 bits per heavy atom. The maximum atomic E-state index is 4.02. The summed E-state index contributed by atoms with van der Waals surface area (Å²) in [6.45, 7) is 3.19. The van der Waals surface area contributed by atoms with Crippen LogP contribution in [0.2, 0.25) is 0 Å². The molecule has 1 nitrogen and oxygen atoms in total. The lowest BCUT2D eigenvalue weighted by Gasteiger charge is -2.06. The van der Waals surface area contributed by atoms with E-state index in [-0.39, 0.29) is 0 Å².